The zero-order chi connectivity index (χ0) is 18.1. The maximum Gasteiger partial charge on any atom is 0.142 e. The number of rotatable bonds is 2. The van der Waals surface area contributed by atoms with Crippen LogP contribution in [-0.4, -0.2) is 12.1 Å². The summed E-state index contributed by atoms with van der Waals surface area (Å²) >= 11 is 0. The highest BCUT2D eigenvalue weighted by molar-refractivity contribution is 6.09. The van der Waals surface area contributed by atoms with E-state index in [1.54, 1.807) is 7.11 Å². The van der Waals surface area contributed by atoms with Crippen molar-refractivity contribution >= 4 is 23.0 Å². The summed E-state index contributed by atoms with van der Waals surface area (Å²) in [5.74, 6) is 0.883. The number of fused-ring (bicyclic) bond motifs is 1. The third-order valence-corrected chi connectivity index (χ3v) is 4.42. The maximum absolute atomic E-state index is 9.57. The second kappa shape index (κ2) is 6.14. The summed E-state index contributed by atoms with van der Waals surface area (Å²) < 4.78 is 5.41. The lowest BCUT2D eigenvalue weighted by Gasteiger charge is -2.11. The first-order chi connectivity index (χ1) is 12.0. The minimum absolute atomic E-state index is 0.151. The number of methoxy groups -OCH3 is 1. The molecule has 0 amide bonds. The average Bonchev–Trinajstić information content (AvgIpc) is 2.87. The quantitative estimate of drug-likeness (QED) is 0.906. The zero-order valence-electron chi connectivity index (χ0n) is 14.2. The molecule has 0 atom stereocenters. The number of allylic oxidation sites excluding steroid dienone is 3. The van der Waals surface area contributed by atoms with Gasteiger partial charge in [0, 0.05) is 11.1 Å². The van der Waals surface area contributed by atoms with Crippen molar-refractivity contribution in [1.82, 2.24) is 4.98 Å². The van der Waals surface area contributed by atoms with Crippen LogP contribution in [0.5, 0.6) is 5.75 Å². The largest absolute Gasteiger partial charge is 0.496 e. The smallest absolute Gasteiger partial charge is 0.142 e. The Morgan fingerprint density at radius 3 is 2.52 bits per heavy atom. The summed E-state index contributed by atoms with van der Waals surface area (Å²) in [5, 5.41) is 19.0. The molecule has 5 heteroatoms. The third-order valence-electron chi connectivity index (χ3n) is 4.42. The van der Waals surface area contributed by atoms with Gasteiger partial charge in [0.25, 0.3) is 0 Å². The highest BCUT2D eigenvalue weighted by Crippen LogP contribution is 2.44. The summed E-state index contributed by atoms with van der Waals surface area (Å²) in [5.41, 5.74) is 11.3. The van der Waals surface area contributed by atoms with Gasteiger partial charge in [0.1, 0.15) is 23.7 Å². The normalized spacial score (nSPS) is 14.2. The number of hydrogen-bond acceptors (Lipinski definition) is 5. The van der Waals surface area contributed by atoms with Crippen LogP contribution in [0, 0.1) is 29.6 Å². The van der Waals surface area contributed by atoms with Gasteiger partial charge in [0.2, 0.25) is 0 Å². The van der Waals surface area contributed by atoms with Crippen molar-refractivity contribution in [3.05, 3.63) is 57.8 Å². The van der Waals surface area contributed by atoms with Crippen molar-refractivity contribution in [2.75, 3.05) is 12.8 Å². The third kappa shape index (κ3) is 2.43. The predicted octanol–water partition coefficient (Wildman–Crippen LogP) is 3.70. The first-order valence-electron chi connectivity index (χ1n) is 7.70. The Bertz CT molecular complexity index is 1030. The van der Waals surface area contributed by atoms with Gasteiger partial charge >= 0.3 is 0 Å². The second-order valence-corrected chi connectivity index (χ2v) is 5.74. The molecule has 1 heterocycles. The SMILES string of the molecule is COc1ccccc1/C=C1\C(C)=C(C#N)c2nc(N)c(C#N)c(C)c21. The first-order valence-corrected chi connectivity index (χ1v) is 7.70. The minimum atomic E-state index is 0.151. The summed E-state index contributed by atoms with van der Waals surface area (Å²) in [6.07, 6.45) is 1.96. The second-order valence-electron chi connectivity index (χ2n) is 5.74. The van der Waals surface area contributed by atoms with E-state index in [-0.39, 0.29) is 5.82 Å². The van der Waals surface area contributed by atoms with Gasteiger partial charge in [-0.1, -0.05) is 18.2 Å². The van der Waals surface area contributed by atoms with Crippen LogP contribution >= 0.6 is 0 Å². The molecule has 2 N–H and O–H groups in total. The van der Waals surface area contributed by atoms with E-state index in [2.05, 4.69) is 17.1 Å². The molecule has 1 aromatic heterocycles. The van der Waals surface area contributed by atoms with Crippen molar-refractivity contribution in [3.8, 4) is 17.9 Å². The Kier molecular flexibility index (Phi) is 4.00. The molecule has 0 radical (unpaired) electrons. The Labute approximate surface area is 146 Å². The summed E-state index contributed by atoms with van der Waals surface area (Å²) in [6, 6.07) is 12.0. The molecule has 0 fully saturated rings. The van der Waals surface area contributed by atoms with Gasteiger partial charge in [-0.05, 0) is 42.7 Å². The number of anilines is 1. The van der Waals surface area contributed by atoms with E-state index in [1.165, 1.54) is 0 Å². The van der Waals surface area contributed by atoms with E-state index >= 15 is 0 Å². The summed E-state index contributed by atoms with van der Waals surface area (Å²) in [4.78, 5) is 4.33. The van der Waals surface area contributed by atoms with Crippen LogP contribution in [0.3, 0.4) is 0 Å². The van der Waals surface area contributed by atoms with Gasteiger partial charge in [0.15, 0.2) is 0 Å². The van der Waals surface area contributed by atoms with Crippen molar-refractivity contribution in [2.45, 2.75) is 13.8 Å². The molecule has 0 saturated carbocycles. The van der Waals surface area contributed by atoms with E-state index in [4.69, 9.17) is 10.5 Å². The number of pyridine rings is 1. The fourth-order valence-corrected chi connectivity index (χ4v) is 3.14. The summed E-state index contributed by atoms with van der Waals surface area (Å²) in [6.45, 7) is 3.71. The van der Waals surface area contributed by atoms with E-state index in [0.717, 1.165) is 33.6 Å². The van der Waals surface area contributed by atoms with Crippen LogP contribution in [0.1, 0.15) is 34.9 Å². The number of ether oxygens (including phenoxy) is 1. The average molecular weight is 328 g/mol. The fourth-order valence-electron chi connectivity index (χ4n) is 3.14. The predicted molar refractivity (Wildman–Crippen MR) is 97.2 cm³/mol. The van der Waals surface area contributed by atoms with Gasteiger partial charge in [-0.3, -0.25) is 0 Å². The molecule has 25 heavy (non-hydrogen) atoms. The molecule has 0 saturated heterocycles. The Balaban J connectivity index is 2.35. The molecule has 0 unspecified atom stereocenters. The van der Waals surface area contributed by atoms with Crippen LogP contribution in [0.15, 0.2) is 29.8 Å². The monoisotopic (exact) mass is 328 g/mol. The molecule has 3 rings (SSSR count). The zero-order valence-corrected chi connectivity index (χ0v) is 14.2. The number of benzene rings is 1. The lowest BCUT2D eigenvalue weighted by atomic mass is 9.95. The van der Waals surface area contributed by atoms with E-state index < -0.39 is 0 Å². The molecule has 1 aliphatic carbocycles. The van der Waals surface area contributed by atoms with Crippen molar-refractivity contribution in [1.29, 1.82) is 10.5 Å². The van der Waals surface area contributed by atoms with Gasteiger partial charge in [-0.2, -0.15) is 10.5 Å². The molecule has 0 aliphatic heterocycles. The number of nitriles is 2. The highest BCUT2D eigenvalue weighted by Gasteiger charge is 2.29. The number of aromatic nitrogens is 1. The fraction of sp³-hybridized carbons (Fsp3) is 0.150. The van der Waals surface area contributed by atoms with Crippen LogP contribution in [0.2, 0.25) is 0 Å². The Morgan fingerprint density at radius 2 is 1.88 bits per heavy atom. The van der Waals surface area contributed by atoms with Crippen LogP contribution in [0.25, 0.3) is 17.2 Å². The minimum Gasteiger partial charge on any atom is -0.496 e. The number of nitrogen functional groups attached to an aromatic ring is 1. The van der Waals surface area contributed by atoms with Crippen LogP contribution < -0.4 is 10.5 Å². The Morgan fingerprint density at radius 1 is 1.16 bits per heavy atom. The molecular formula is C20H16N4O. The lowest BCUT2D eigenvalue weighted by Crippen LogP contribution is -2.03. The standard InChI is InChI=1S/C20H16N4O/c1-11-14(8-13-6-4-5-7-17(13)25-3)18-12(2)16(10-22)20(23)24-19(18)15(11)9-21/h4-8H,1-3H3,(H2,23,24)/b14-8+. The molecule has 0 spiro atoms. The van der Waals surface area contributed by atoms with Crippen molar-refractivity contribution in [3.63, 3.8) is 0 Å². The van der Waals surface area contributed by atoms with E-state index in [0.29, 0.717) is 16.8 Å². The van der Waals surface area contributed by atoms with Gasteiger partial charge < -0.3 is 10.5 Å². The Hall–Kier alpha value is -3.57. The molecule has 1 aliphatic rings. The molecule has 2 aromatic rings. The molecule has 0 bridgehead atoms. The molecular weight excluding hydrogens is 312 g/mol. The number of nitrogens with zero attached hydrogens (tertiary/aromatic N) is 3. The molecule has 5 nitrogen and oxygen atoms in total. The number of para-hydroxylation sites is 1. The lowest BCUT2D eigenvalue weighted by molar-refractivity contribution is 0.414. The van der Waals surface area contributed by atoms with Gasteiger partial charge in [-0.15, -0.1) is 0 Å². The van der Waals surface area contributed by atoms with Crippen LogP contribution in [-0.2, 0) is 0 Å². The maximum atomic E-state index is 9.57. The van der Waals surface area contributed by atoms with Crippen LogP contribution in [0.4, 0.5) is 5.82 Å². The van der Waals surface area contributed by atoms with E-state index in [1.807, 2.05) is 44.2 Å². The van der Waals surface area contributed by atoms with Crippen molar-refractivity contribution in [2.24, 2.45) is 0 Å². The summed E-state index contributed by atoms with van der Waals surface area (Å²) in [7, 11) is 1.62. The number of nitrogens with two attached hydrogens (primary N) is 1. The molecule has 1 aromatic carbocycles. The highest BCUT2D eigenvalue weighted by atomic mass is 16.5. The molecule has 122 valence electrons. The van der Waals surface area contributed by atoms with Gasteiger partial charge in [-0.25, -0.2) is 4.98 Å². The first kappa shape index (κ1) is 16.3. The van der Waals surface area contributed by atoms with Crippen molar-refractivity contribution < 1.29 is 4.74 Å². The van der Waals surface area contributed by atoms with E-state index in [9.17, 15) is 10.5 Å². The number of hydrogen-bond donors (Lipinski definition) is 1. The topological polar surface area (TPSA) is 95.7 Å². The van der Waals surface area contributed by atoms with Gasteiger partial charge in [0.05, 0.1) is 23.9 Å².